The molecule has 3 atom stereocenters. The predicted molar refractivity (Wildman–Crippen MR) is 245 cm³/mol. The molecule has 5 heteroatoms. The molecule has 1 amide bonds. The van der Waals surface area contributed by atoms with Crippen LogP contribution >= 0.6 is 0 Å². The van der Waals surface area contributed by atoms with Gasteiger partial charge in [0.15, 0.2) is 0 Å². The molecular formula is C51H99NO4. The molecule has 0 saturated heterocycles. The molecule has 0 aromatic rings. The van der Waals surface area contributed by atoms with Crippen LogP contribution in [0, 0.1) is 0 Å². The van der Waals surface area contributed by atoms with Crippen LogP contribution in [0.5, 0.6) is 0 Å². The largest absolute Gasteiger partial charge is 0.394 e. The summed E-state index contributed by atoms with van der Waals surface area (Å²) in [6.45, 7) is 4.19. The summed E-state index contributed by atoms with van der Waals surface area (Å²) >= 11 is 0. The first-order chi connectivity index (χ1) is 27.6. The highest BCUT2D eigenvalue weighted by Crippen LogP contribution is 2.17. The van der Waals surface area contributed by atoms with Gasteiger partial charge in [0.1, 0.15) is 6.10 Å². The number of rotatable bonds is 46. The van der Waals surface area contributed by atoms with Crippen molar-refractivity contribution in [1.29, 1.82) is 0 Å². The van der Waals surface area contributed by atoms with Gasteiger partial charge in [-0.3, -0.25) is 4.79 Å². The third-order valence-electron chi connectivity index (χ3n) is 11.8. The van der Waals surface area contributed by atoms with Crippen LogP contribution in [0.25, 0.3) is 0 Å². The van der Waals surface area contributed by atoms with E-state index in [1.54, 1.807) is 6.08 Å². The van der Waals surface area contributed by atoms with E-state index < -0.39 is 24.2 Å². The van der Waals surface area contributed by atoms with Gasteiger partial charge >= 0.3 is 0 Å². The number of allylic oxidation sites excluding steroid dienone is 3. The van der Waals surface area contributed by atoms with Crippen LogP contribution in [0.1, 0.15) is 271 Å². The first-order valence-electron chi connectivity index (χ1n) is 25.2. The second kappa shape index (κ2) is 46.5. The van der Waals surface area contributed by atoms with Gasteiger partial charge in [-0.15, -0.1) is 0 Å². The Labute approximate surface area is 350 Å². The molecule has 0 aliphatic rings. The molecule has 0 spiro atoms. The fraction of sp³-hybridized carbons (Fsp3) is 0.902. The Morgan fingerprint density at radius 1 is 0.429 bits per heavy atom. The molecule has 0 aliphatic carbocycles. The Kier molecular flexibility index (Phi) is 45.5. The van der Waals surface area contributed by atoms with Crippen LogP contribution < -0.4 is 5.32 Å². The van der Waals surface area contributed by atoms with Crippen LogP contribution in [-0.2, 0) is 4.79 Å². The van der Waals surface area contributed by atoms with E-state index in [2.05, 4.69) is 31.3 Å². The van der Waals surface area contributed by atoms with E-state index in [4.69, 9.17) is 0 Å². The van der Waals surface area contributed by atoms with Gasteiger partial charge in [0, 0.05) is 0 Å². The second-order valence-corrected chi connectivity index (χ2v) is 17.4. The molecule has 0 bridgehead atoms. The maximum Gasteiger partial charge on any atom is 0.249 e. The first-order valence-corrected chi connectivity index (χ1v) is 25.2. The molecule has 3 unspecified atom stereocenters. The predicted octanol–water partition coefficient (Wildman–Crippen LogP) is 14.9. The van der Waals surface area contributed by atoms with Crippen LogP contribution in [0.3, 0.4) is 0 Å². The first kappa shape index (κ1) is 54.8. The Bertz CT molecular complexity index is 829. The molecule has 4 N–H and O–H groups in total. The third-order valence-corrected chi connectivity index (χ3v) is 11.8. The van der Waals surface area contributed by atoms with E-state index in [9.17, 15) is 20.1 Å². The molecule has 0 aliphatic heterocycles. The number of unbranched alkanes of at least 4 members (excludes halogenated alkanes) is 36. The van der Waals surface area contributed by atoms with Crippen LogP contribution in [-0.4, -0.2) is 46.1 Å². The summed E-state index contributed by atoms with van der Waals surface area (Å²) in [6.07, 6.45) is 58.1. The van der Waals surface area contributed by atoms with E-state index in [1.807, 2.05) is 6.08 Å². The Balaban J connectivity index is 3.58. The second-order valence-electron chi connectivity index (χ2n) is 17.4. The summed E-state index contributed by atoms with van der Waals surface area (Å²) in [5, 5.41) is 33.2. The lowest BCUT2D eigenvalue weighted by atomic mass is 10.0. The van der Waals surface area contributed by atoms with Gasteiger partial charge in [-0.25, -0.2) is 0 Å². The highest BCUT2D eigenvalue weighted by molar-refractivity contribution is 5.80. The van der Waals surface area contributed by atoms with Gasteiger partial charge in [-0.05, 0) is 32.1 Å². The van der Waals surface area contributed by atoms with E-state index in [1.165, 1.54) is 212 Å². The minimum Gasteiger partial charge on any atom is -0.394 e. The Morgan fingerprint density at radius 2 is 0.732 bits per heavy atom. The van der Waals surface area contributed by atoms with Crippen molar-refractivity contribution in [3.8, 4) is 0 Å². The quantitative estimate of drug-likeness (QED) is 0.0365. The molecule has 0 fully saturated rings. The normalized spacial score (nSPS) is 13.6. The molecule has 56 heavy (non-hydrogen) atoms. The lowest BCUT2D eigenvalue weighted by molar-refractivity contribution is -0.131. The zero-order valence-corrected chi connectivity index (χ0v) is 37.8. The van der Waals surface area contributed by atoms with Gasteiger partial charge in [0.25, 0.3) is 0 Å². The van der Waals surface area contributed by atoms with Gasteiger partial charge < -0.3 is 20.6 Å². The van der Waals surface area contributed by atoms with Crippen molar-refractivity contribution in [3.05, 3.63) is 24.3 Å². The molecule has 0 rings (SSSR count). The highest BCUT2D eigenvalue weighted by atomic mass is 16.3. The SMILES string of the molecule is CCCCCCCCCCCC/C=C/CC/C=C/C(O)C(CO)NC(=O)C(O)CCCCCCCCCCCCCCCCCCCCCCCCCCCC. The summed E-state index contributed by atoms with van der Waals surface area (Å²) < 4.78 is 0. The molecule has 0 aromatic heterocycles. The van der Waals surface area contributed by atoms with Crippen molar-refractivity contribution in [2.75, 3.05) is 6.61 Å². The van der Waals surface area contributed by atoms with Crippen molar-refractivity contribution < 1.29 is 20.1 Å². The van der Waals surface area contributed by atoms with E-state index in [0.717, 1.165) is 38.5 Å². The summed E-state index contributed by atoms with van der Waals surface area (Å²) in [5.41, 5.74) is 0. The van der Waals surface area contributed by atoms with Crippen molar-refractivity contribution in [2.45, 2.75) is 289 Å². The molecule has 332 valence electrons. The maximum atomic E-state index is 12.5. The van der Waals surface area contributed by atoms with Gasteiger partial charge in [-0.1, -0.05) is 263 Å². The number of nitrogens with one attached hydrogen (secondary N) is 1. The zero-order valence-electron chi connectivity index (χ0n) is 37.8. The summed E-state index contributed by atoms with van der Waals surface area (Å²) in [7, 11) is 0. The van der Waals surface area contributed by atoms with E-state index in [0.29, 0.717) is 6.42 Å². The summed E-state index contributed by atoms with van der Waals surface area (Å²) in [4.78, 5) is 12.5. The zero-order chi connectivity index (χ0) is 40.8. The van der Waals surface area contributed by atoms with Gasteiger partial charge in [0.05, 0.1) is 18.8 Å². The number of carbonyl (C=O) groups excluding carboxylic acids is 1. The minimum atomic E-state index is -1.10. The molecule has 5 nitrogen and oxygen atoms in total. The fourth-order valence-corrected chi connectivity index (χ4v) is 7.85. The maximum absolute atomic E-state index is 12.5. The van der Waals surface area contributed by atoms with Crippen LogP contribution in [0.2, 0.25) is 0 Å². The summed E-state index contributed by atoms with van der Waals surface area (Å²) in [6, 6.07) is -0.811. The van der Waals surface area contributed by atoms with Crippen molar-refractivity contribution in [3.63, 3.8) is 0 Å². The molecule has 0 radical (unpaired) electrons. The minimum absolute atomic E-state index is 0.373. The molecule has 0 saturated carbocycles. The lowest BCUT2D eigenvalue weighted by Gasteiger charge is -2.21. The Hall–Kier alpha value is -1.17. The van der Waals surface area contributed by atoms with Gasteiger partial charge in [-0.2, -0.15) is 0 Å². The third kappa shape index (κ3) is 41.0. The van der Waals surface area contributed by atoms with Crippen LogP contribution in [0.4, 0.5) is 0 Å². The van der Waals surface area contributed by atoms with Crippen molar-refractivity contribution in [2.24, 2.45) is 0 Å². The number of hydrogen-bond donors (Lipinski definition) is 4. The summed E-state index contributed by atoms with van der Waals surface area (Å²) in [5.74, 6) is -0.508. The Morgan fingerprint density at radius 3 is 1.09 bits per heavy atom. The fourth-order valence-electron chi connectivity index (χ4n) is 7.85. The lowest BCUT2D eigenvalue weighted by Crippen LogP contribution is -2.48. The molecular weight excluding hydrogens is 691 g/mol. The average Bonchev–Trinajstić information content (AvgIpc) is 3.20. The van der Waals surface area contributed by atoms with Gasteiger partial charge in [0.2, 0.25) is 5.91 Å². The number of aliphatic hydroxyl groups is 3. The highest BCUT2D eigenvalue weighted by Gasteiger charge is 2.22. The number of amides is 1. The van der Waals surface area contributed by atoms with E-state index in [-0.39, 0.29) is 6.61 Å². The average molecular weight is 790 g/mol. The number of carbonyl (C=O) groups is 1. The topological polar surface area (TPSA) is 89.8 Å². The van der Waals surface area contributed by atoms with Crippen molar-refractivity contribution >= 4 is 5.91 Å². The molecule has 0 heterocycles. The monoisotopic (exact) mass is 790 g/mol. The van der Waals surface area contributed by atoms with Crippen molar-refractivity contribution in [1.82, 2.24) is 5.32 Å². The number of aliphatic hydroxyl groups excluding tert-OH is 3. The van der Waals surface area contributed by atoms with E-state index >= 15 is 0 Å². The standard InChI is InChI=1S/C51H99NO4/c1-3-5-7-9-11-13-15-17-19-21-22-23-24-25-26-27-28-29-30-32-34-36-38-40-42-44-46-50(55)51(56)52-48(47-53)49(54)45-43-41-39-37-35-33-31-20-18-16-14-12-10-8-6-4-2/h35,37,43,45,48-50,53-55H,3-34,36,38-42,44,46-47H2,1-2H3,(H,52,56)/b37-35+,45-43+. The number of hydrogen-bond acceptors (Lipinski definition) is 4. The van der Waals surface area contributed by atoms with Crippen LogP contribution in [0.15, 0.2) is 24.3 Å². The molecule has 0 aromatic carbocycles. The smallest absolute Gasteiger partial charge is 0.249 e.